The van der Waals surface area contributed by atoms with Crippen LogP contribution in [0.4, 0.5) is 0 Å². The van der Waals surface area contributed by atoms with E-state index in [2.05, 4.69) is 10.6 Å². The van der Waals surface area contributed by atoms with E-state index in [0.717, 1.165) is 16.0 Å². The van der Waals surface area contributed by atoms with E-state index in [4.69, 9.17) is 0 Å². The van der Waals surface area contributed by atoms with Crippen LogP contribution in [0.2, 0.25) is 0 Å². The smallest absolute Gasteiger partial charge is 0.256 e. The van der Waals surface area contributed by atoms with Crippen LogP contribution in [0.3, 0.4) is 0 Å². The molecular weight excluding hydrogens is 380 g/mol. The van der Waals surface area contributed by atoms with Crippen LogP contribution in [-0.2, 0) is 22.4 Å². The van der Waals surface area contributed by atoms with Gasteiger partial charge >= 0.3 is 0 Å². The van der Waals surface area contributed by atoms with Gasteiger partial charge in [0.25, 0.3) is 11.8 Å². The molecule has 2 N–H and O–H groups in total. The topological polar surface area (TPSA) is 58.2 Å². The molecule has 0 atom stereocenters. The zero-order valence-corrected chi connectivity index (χ0v) is 17.0. The van der Waals surface area contributed by atoms with Gasteiger partial charge in [0.1, 0.15) is 5.57 Å². The highest BCUT2D eigenvalue weighted by Crippen LogP contribution is 2.14. The molecule has 1 aromatic heterocycles. The second kappa shape index (κ2) is 11.0. The summed E-state index contributed by atoms with van der Waals surface area (Å²) in [5.41, 5.74) is 2.42. The van der Waals surface area contributed by atoms with Crippen LogP contribution in [0.15, 0.2) is 83.7 Å². The van der Waals surface area contributed by atoms with Gasteiger partial charge in [-0.3, -0.25) is 9.59 Å². The number of carbonyl (C=O) groups excluding carboxylic acids is 2. The van der Waals surface area contributed by atoms with Crippen molar-refractivity contribution in [2.45, 2.75) is 12.8 Å². The minimum atomic E-state index is -0.355. The minimum Gasteiger partial charge on any atom is -0.352 e. The van der Waals surface area contributed by atoms with Gasteiger partial charge < -0.3 is 10.6 Å². The summed E-state index contributed by atoms with van der Waals surface area (Å²) in [5.74, 6) is -0.710. The summed E-state index contributed by atoms with van der Waals surface area (Å²) >= 11 is 1.49. The van der Waals surface area contributed by atoms with Gasteiger partial charge in [0.05, 0.1) is 0 Å². The van der Waals surface area contributed by atoms with Crippen molar-refractivity contribution in [2.24, 2.45) is 0 Å². The molecule has 0 aliphatic heterocycles. The van der Waals surface area contributed by atoms with Crippen molar-refractivity contribution < 1.29 is 9.59 Å². The third-order valence-corrected chi connectivity index (χ3v) is 5.22. The standard InChI is InChI=1S/C24H24N2O2S/c27-23(25-15-13-19-8-3-1-4-9-19)22(18-21-12-7-17-29-21)24(28)26-16-14-20-10-5-2-6-11-20/h1-12,17-18H,13-16H2,(H,25,27)(H,26,28). The van der Waals surface area contributed by atoms with Gasteiger partial charge in [-0.15, -0.1) is 11.3 Å². The summed E-state index contributed by atoms with van der Waals surface area (Å²) in [5, 5.41) is 7.66. The maximum absolute atomic E-state index is 12.7. The van der Waals surface area contributed by atoms with Gasteiger partial charge in [-0.05, 0) is 41.5 Å². The fourth-order valence-electron chi connectivity index (χ4n) is 2.87. The summed E-state index contributed by atoms with van der Waals surface area (Å²) in [6.45, 7) is 0.948. The minimum absolute atomic E-state index is 0.133. The van der Waals surface area contributed by atoms with Crippen LogP contribution in [0.1, 0.15) is 16.0 Å². The highest BCUT2D eigenvalue weighted by atomic mass is 32.1. The lowest BCUT2D eigenvalue weighted by Crippen LogP contribution is -2.36. The summed E-state index contributed by atoms with van der Waals surface area (Å²) in [4.78, 5) is 26.3. The molecule has 2 amide bonds. The largest absolute Gasteiger partial charge is 0.352 e. The molecule has 0 bridgehead atoms. The van der Waals surface area contributed by atoms with Gasteiger partial charge in [0.15, 0.2) is 0 Å². The fraction of sp³-hybridized carbons (Fsp3) is 0.167. The molecule has 0 aliphatic carbocycles. The van der Waals surface area contributed by atoms with Crippen LogP contribution in [0.5, 0.6) is 0 Å². The second-order valence-corrected chi connectivity index (χ2v) is 7.54. The fourth-order valence-corrected chi connectivity index (χ4v) is 3.53. The molecule has 0 unspecified atom stereocenters. The first kappa shape index (κ1) is 20.6. The Morgan fingerprint density at radius 2 is 1.24 bits per heavy atom. The number of hydrogen-bond acceptors (Lipinski definition) is 3. The molecule has 3 aromatic rings. The Morgan fingerprint density at radius 3 is 1.69 bits per heavy atom. The molecule has 4 nitrogen and oxygen atoms in total. The van der Waals surface area contributed by atoms with Crippen LogP contribution >= 0.6 is 11.3 Å². The van der Waals surface area contributed by atoms with E-state index in [1.165, 1.54) is 11.3 Å². The Kier molecular flexibility index (Phi) is 7.78. The maximum atomic E-state index is 12.7. The summed E-state index contributed by atoms with van der Waals surface area (Å²) in [6, 6.07) is 23.7. The number of benzene rings is 2. The van der Waals surface area contributed by atoms with Gasteiger partial charge in [0.2, 0.25) is 0 Å². The predicted octanol–water partition coefficient (Wildman–Crippen LogP) is 3.85. The molecular formula is C24H24N2O2S. The van der Waals surface area contributed by atoms with Crippen LogP contribution < -0.4 is 10.6 Å². The third-order valence-electron chi connectivity index (χ3n) is 4.40. The van der Waals surface area contributed by atoms with Crippen molar-refractivity contribution in [3.05, 3.63) is 99.8 Å². The summed E-state index contributed by atoms with van der Waals surface area (Å²) in [6.07, 6.45) is 3.09. The quantitative estimate of drug-likeness (QED) is 0.323. The molecule has 0 saturated carbocycles. The van der Waals surface area contributed by atoms with Crippen LogP contribution in [0, 0.1) is 0 Å². The molecule has 29 heavy (non-hydrogen) atoms. The van der Waals surface area contributed by atoms with E-state index >= 15 is 0 Å². The van der Waals surface area contributed by atoms with Crippen molar-refractivity contribution in [1.29, 1.82) is 0 Å². The third kappa shape index (κ3) is 6.73. The molecule has 1 heterocycles. The Hall–Kier alpha value is -3.18. The Morgan fingerprint density at radius 1 is 0.724 bits per heavy atom. The Labute approximate surface area is 175 Å². The zero-order valence-electron chi connectivity index (χ0n) is 16.1. The number of rotatable bonds is 9. The monoisotopic (exact) mass is 404 g/mol. The lowest BCUT2D eigenvalue weighted by Gasteiger charge is -2.10. The first-order valence-corrected chi connectivity index (χ1v) is 10.5. The number of hydrogen-bond donors (Lipinski definition) is 2. The molecule has 3 rings (SSSR count). The molecule has 0 saturated heterocycles. The van der Waals surface area contributed by atoms with Crippen molar-refractivity contribution in [3.63, 3.8) is 0 Å². The van der Waals surface area contributed by atoms with Crippen molar-refractivity contribution in [1.82, 2.24) is 10.6 Å². The van der Waals surface area contributed by atoms with E-state index in [1.54, 1.807) is 6.08 Å². The van der Waals surface area contributed by atoms with E-state index in [1.807, 2.05) is 78.2 Å². The number of nitrogens with one attached hydrogen (secondary N) is 2. The number of amides is 2. The highest BCUT2D eigenvalue weighted by molar-refractivity contribution is 7.10. The molecule has 148 valence electrons. The first-order chi connectivity index (χ1) is 14.2. The van der Waals surface area contributed by atoms with Crippen molar-refractivity contribution >= 4 is 29.2 Å². The predicted molar refractivity (Wildman–Crippen MR) is 119 cm³/mol. The maximum Gasteiger partial charge on any atom is 0.256 e. The zero-order chi connectivity index (χ0) is 20.3. The van der Waals surface area contributed by atoms with E-state index in [-0.39, 0.29) is 17.4 Å². The Balaban J connectivity index is 1.59. The number of carbonyl (C=O) groups is 2. The van der Waals surface area contributed by atoms with Gasteiger partial charge in [-0.1, -0.05) is 66.7 Å². The van der Waals surface area contributed by atoms with E-state index in [0.29, 0.717) is 25.9 Å². The second-order valence-electron chi connectivity index (χ2n) is 6.56. The molecule has 0 fully saturated rings. The van der Waals surface area contributed by atoms with Gasteiger partial charge in [-0.2, -0.15) is 0 Å². The highest BCUT2D eigenvalue weighted by Gasteiger charge is 2.18. The van der Waals surface area contributed by atoms with E-state index in [9.17, 15) is 9.59 Å². The molecule has 0 radical (unpaired) electrons. The summed E-state index contributed by atoms with van der Waals surface area (Å²) in [7, 11) is 0. The average Bonchev–Trinajstić information content (AvgIpc) is 3.27. The lowest BCUT2D eigenvalue weighted by molar-refractivity contribution is -0.123. The van der Waals surface area contributed by atoms with Crippen molar-refractivity contribution in [2.75, 3.05) is 13.1 Å². The van der Waals surface area contributed by atoms with Gasteiger partial charge in [0, 0.05) is 18.0 Å². The van der Waals surface area contributed by atoms with E-state index < -0.39 is 0 Å². The van der Waals surface area contributed by atoms with Crippen LogP contribution in [-0.4, -0.2) is 24.9 Å². The average molecular weight is 405 g/mol. The first-order valence-electron chi connectivity index (χ1n) is 9.62. The lowest BCUT2D eigenvalue weighted by atomic mass is 10.1. The van der Waals surface area contributed by atoms with Crippen LogP contribution in [0.25, 0.3) is 6.08 Å². The molecule has 5 heteroatoms. The molecule has 0 spiro atoms. The summed E-state index contributed by atoms with van der Waals surface area (Å²) < 4.78 is 0. The Bertz CT molecular complexity index is 876. The van der Waals surface area contributed by atoms with Gasteiger partial charge in [-0.25, -0.2) is 0 Å². The molecule has 0 aliphatic rings. The molecule has 2 aromatic carbocycles. The number of thiophene rings is 1. The van der Waals surface area contributed by atoms with Crippen molar-refractivity contribution in [3.8, 4) is 0 Å². The SMILES string of the molecule is O=C(NCCc1ccccc1)C(=Cc1cccs1)C(=O)NCCc1ccccc1. The normalized spacial score (nSPS) is 10.2.